The molecule has 2 aliphatic heterocycles. The van der Waals surface area contributed by atoms with E-state index in [4.69, 9.17) is 9.57 Å². The third-order valence-electron chi connectivity index (χ3n) is 5.51. The van der Waals surface area contributed by atoms with Crippen LogP contribution < -0.4 is 10.1 Å². The molecule has 1 fully saturated rings. The van der Waals surface area contributed by atoms with E-state index in [2.05, 4.69) is 20.2 Å². The summed E-state index contributed by atoms with van der Waals surface area (Å²) in [6, 6.07) is 8.32. The molecule has 0 saturated carbocycles. The van der Waals surface area contributed by atoms with Crippen LogP contribution in [0.4, 0.5) is 18.0 Å². The fraction of sp³-hybridized carbons (Fsp3) is 0.364. The topological polar surface area (TPSA) is 102 Å². The summed E-state index contributed by atoms with van der Waals surface area (Å²) in [5.74, 6) is -0.540. The molecule has 1 aromatic carbocycles. The zero-order valence-corrected chi connectivity index (χ0v) is 17.9. The van der Waals surface area contributed by atoms with Crippen LogP contribution in [0.25, 0.3) is 0 Å². The average Bonchev–Trinajstić information content (AvgIpc) is 3.19. The monoisotopic (exact) mass is 478 g/mol. The van der Waals surface area contributed by atoms with E-state index >= 15 is 0 Å². The number of aromatic nitrogens is 1. The fourth-order valence-corrected chi connectivity index (χ4v) is 3.73. The van der Waals surface area contributed by atoms with Gasteiger partial charge in [0.2, 0.25) is 5.90 Å². The van der Waals surface area contributed by atoms with E-state index in [1.165, 1.54) is 12.1 Å². The van der Waals surface area contributed by atoms with Gasteiger partial charge in [-0.2, -0.15) is 0 Å². The van der Waals surface area contributed by atoms with Gasteiger partial charge in [-0.15, -0.1) is 13.2 Å². The Morgan fingerprint density at radius 3 is 2.41 bits per heavy atom. The van der Waals surface area contributed by atoms with Gasteiger partial charge in [-0.05, 0) is 42.0 Å². The van der Waals surface area contributed by atoms with Gasteiger partial charge >= 0.3 is 12.5 Å². The summed E-state index contributed by atoms with van der Waals surface area (Å²) in [5, 5.41) is 6.51. The first-order valence-electron chi connectivity index (χ1n) is 10.5. The number of halogens is 3. The second-order valence-corrected chi connectivity index (χ2v) is 7.90. The number of rotatable bonds is 4. The molecular weight excluding hydrogens is 457 g/mol. The van der Waals surface area contributed by atoms with Crippen molar-refractivity contribution in [3.63, 3.8) is 0 Å². The smallest absolute Gasteiger partial charge is 0.406 e. The van der Waals surface area contributed by atoms with Gasteiger partial charge in [0.25, 0.3) is 5.91 Å². The van der Waals surface area contributed by atoms with Gasteiger partial charge in [-0.25, -0.2) is 4.79 Å². The molecule has 1 N–H and O–H groups in total. The number of pyridine rings is 1. The number of oxime groups is 1. The van der Waals surface area contributed by atoms with Crippen LogP contribution in [0.15, 0.2) is 53.9 Å². The largest absolute Gasteiger partial charge is 0.573 e. The van der Waals surface area contributed by atoms with Gasteiger partial charge in [0.1, 0.15) is 11.4 Å². The molecule has 0 aliphatic carbocycles. The van der Waals surface area contributed by atoms with E-state index in [1.54, 1.807) is 29.4 Å². The number of carbonyl (C=O) groups is 2. The molecule has 12 heteroatoms. The van der Waals surface area contributed by atoms with Crippen LogP contribution in [0.5, 0.6) is 5.75 Å². The number of likely N-dealkylation sites (tertiary alicyclic amines) is 1. The maximum atomic E-state index is 12.7. The lowest BCUT2D eigenvalue weighted by atomic mass is 9.88. The number of benzene rings is 1. The van der Waals surface area contributed by atoms with Crippen molar-refractivity contribution in [1.29, 1.82) is 0 Å². The summed E-state index contributed by atoms with van der Waals surface area (Å²) in [4.78, 5) is 35.8. The molecule has 0 bridgehead atoms. The highest BCUT2D eigenvalue weighted by molar-refractivity contribution is 5.94. The highest BCUT2D eigenvalue weighted by Gasteiger charge is 2.44. The van der Waals surface area contributed by atoms with Gasteiger partial charge < -0.3 is 24.5 Å². The minimum atomic E-state index is -4.79. The van der Waals surface area contributed by atoms with Crippen molar-refractivity contribution in [2.75, 3.05) is 13.1 Å². The maximum Gasteiger partial charge on any atom is 0.573 e. The van der Waals surface area contributed by atoms with E-state index < -0.39 is 23.8 Å². The van der Waals surface area contributed by atoms with Crippen LogP contribution in [0.1, 0.15) is 35.2 Å². The first-order valence-corrected chi connectivity index (χ1v) is 10.5. The van der Waals surface area contributed by atoms with E-state index in [9.17, 15) is 22.8 Å². The number of hydrogen-bond acceptors (Lipinski definition) is 7. The van der Waals surface area contributed by atoms with Crippen LogP contribution in [-0.2, 0) is 16.1 Å². The molecule has 3 heterocycles. The molecule has 2 amide bonds. The number of ether oxygens (including phenoxy) is 2. The van der Waals surface area contributed by atoms with Gasteiger partial charge in [0.15, 0.2) is 0 Å². The number of hydrogen-bond donors (Lipinski definition) is 1. The van der Waals surface area contributed by atoms with E-state index in [1.807, 2.05) is 0 Å². The van der Waals surface area contributed by atoms with Gasteiger partial charge in [-0.1, -0.05) is 5.16 Å². The van der Waals surface area contributed by atoms with Crippen molar-refractivity contribution in [1.82, 2.24) is 15.2 Å². The number of alkyl carbamates (subject to hydrolysis) is 1. The Morgan fingerprint density at radius 2 is 1.76 bits per heavy atom. The lowest BCUT2D eigenvalue weighted by Crippen LogP contribution is -2.47. The summed E-state index contributed by atoms with van der Waals surface area (Å²) in [6.07, 6.45) is -0.987. The Labute approximate surface area is 192 Å². The van der Waals surface area contributed by atoms with Crippen LogP contribution in [0.3, 0.4) is 0 Å². The highest BCUT2D eigenvalue weighted by atomic mass is 19.4. The Kier molecular flexibility index (Phi) is 6.57. The van der Waals surface area contributed by atoms with Crippen molar-refractivity contribution in [3.8, 4) is 5.75 Å². The summed E-state index contributed by atoms with van der Waals surface area (Å²) in [7, 11) is 0. The predicted octanol–water partition coefficient (Wildman–Crippen LogP) is 3.62. The molecule has 1 aromatic heterocycles. The van der Waals surface area contributed by atoms with Crippen molar-refractivity contribution in [2.24, 2.45) is 5.16 Å². The highest BCUT2D eigenvalue weighted by Crippen LogP contribution is 2.35. The third-order valence-corrected chi connectivity index (χ3v) is 5.51. The van der Waals surface area contributed by atoms with Gasteiger partial charge in [0, 0.05) is 50.4 Å². The van der Waals surface area contributed by atoms with Crippen molar-refractivity contribution in [2.45, 2.75) is 37.8 Å². The fourth-order valence-electron chi connectivity index (χ4n) is 3.73. The Balaban J connectivity index is 1.23. The van der Waals surface area contributed by atoms with Gasteiger partial charge in [0.05, 0.1) is 6.42 Å². The second-order valence-electron chi connectivity index (χ2n) is 7.90. The molecule has 1 saturated heterocycles. The number of carbonyl (C=O) groups excluding carboxylic acids is 2. The lowest BCUT2D eigenvalue weighted by Gasteiger charge is -2.37. The third kappa shape index (κ3) is 5.94. The first-order chi connectivity index (χ1) is 16.2. The summed E-state index contributed by atoms with van der Waals surface area (Å²) < 4.78 is 45.9. The molecule has 0 unspecified atom stereocenters. The number of alkyl halides is 3. The van der Waals surface area contributed by atoms with Crippen molar-refractivity contribution >= 4 is 17.9 Å². The van der Waals surface area contributed by atoms with E-state index in [0.717, 1.165) is 17.7 Å². The molecular formula is C22H21F3N4O5. The van der Waals surface area contributed by atoms with Crippen molar-refractivity contribution in [3.05, 3.63) is 59.9 Å². The molecule has 180 valence electrons. The number of nitrogens with zero attached hydrogens (tertiary/aromatic N) is 3. The van der Waals surface area contributed by atoms with Crippen LogP contribution in [0.2, 0.25) is 0 Å². The van der Waals surface area contributed by atoms with Crippen LogP contribution in [-0.4, -0.2) is 52.8 Å². The summed E-state index contributed by atoms with van der Waals surface area (Å²) in [5.41, 5.74) is 0.457. The molecule has 4 rings (SSSR count). The average molecular weight is 478 g/mol. The standard InChI is InChI=1S/C22H21F3N4O5/c23-22(24,25)33-17-3-1-16(2-4-17)19(30)29-11-7-21(8-12-29)13-18(28-34-21)32-20(31)27-14-15-5-9-26-10-6-15/h1-6,9-10H,7-8,11-14H2,(H,27,31). The minimum Gasteiger partial charge on any atom is -0.406 e. The van der Waals surface area contributed by atoms with Crippen molar-refractivity contribution < 1.29 is 37.1 Å². The zero-order chi connectivity index (χ0) is 24.2. The van der Waals surface area contributed by atoms with E-state index in [0.29, 0.717) is 32.4 Å². The predicted molar refractivity (Wildman–Crippen MR) is 112 cm³/mol. The molecule has 2 aromatic rings. The maximum absolute atomic E-state index is 12.7. The Morgan fingerprint density at radius 1 is 1.09 bits per heavy atom. The number of nitrogens with one attached hydrogen (secondary N) is 1. The minimum absolute atomic E-state index is 0.159. The molecule has 0 atom stereocenters. The summed E-state index contributed by atoms with van der Waals surface area (Å²) in [6.45, 7) is 0.994. The zero-order valence-electron chi connectivity index (χ0n) is 17.9. The Hall–Kier alpha value is -3.83. The first kappa shape index (κ1) is 23.3. The lowest BCUT2D eigenvalue weighted by molar-refractivity contribution is -0.274. The molecule has 0 radical (unpaired) electrons. The number of amides is 2. The number of piperidine rings is 1. The molecule has 2 aliphatic rings. The van der Waals surface area contributed by atoms with Gasteiger partial charge in [-0.3, -0.25) is 9.78 Å². The molecule has 9 nitrogen and oxygen atoms in total. The van der Waals surface area contributed by atoms with E-state index in [-0.39, 0.29) is 23.9 Å². The molecule has 34 heavy (non-hydrogen) atoms. The quantitative estimate of drug-likeness (QED) is 0.720. The Bertz CT molecular complexity index is 1050. The molecule has 1 spiro atoms. The summed E-state index contributed by atoms with van der Waals surface area (Å²) >= 11 is 0. The SMILES string of the molecule is O=C(NCc1ccncc1)OC1=NOC2(CCN(C(=O)c3ccc(OC(F)(F)F)cc3)CC2)C1. The normalized spacial score (nSPS) is 17.0. The van der Waals surface area contributed by atoms with Crippen LogP contribution >= 0.6 is 0 Å². The second kappa shape index (κ2) is 9.57. The van der Waals surface area contributed by atoms with Crippen LogP contribution in [0, 0.1) is 0 Å².